The SMILES string of the molecule is NC(c1cc2c(cc1Cl)OCCO2)c1ccoc1Br. The van der Waals surface area contributed by atoms with Gasteiger partial charge in [-0.3, -0.25) is 0 Å². The van der Waals surface area contributed by atoms with Crippen LogP contribution in [0.5, 0.6) is 11.5 Å². The van der Waals surface area contributed by atoms with Crippen LogP contribution >= 0.6 is 27.5 Å². The largest absolute Gasteiger partial charge is 0.486 e. The molecule has 0 radical (unpaired) electrons. The van der Waals surface area contributed by atoms with E-state index >= 15 is 0 Å². The Kier molecular flexibility index (Phi) is 3.43. The van der Waals surface area contributed by atoms with Crippen molar-refractivity contribution in [3.05, 3.63) is 45.3 Å². The lowest BCUT2D eigenvalue weighted by atomic mass is 10.0. The van der Waals surface area contributed by atoms with E-state index in [1.165, 1.54) is 0 Å². The van der Waals surface area contributed by atoms with Crippen molar-refractivity contribution in [2.45, 2.75) is 6.04 Å². The van der Waals surface area contributed by atoms with Crippen molar-refractivity contribution < 1.29 is 13.9 Å². The third-order valence-corrected chi connectivity index (χ3v) is 3.95. The molecule has 0 saturated carbocycles. The predicted octanol–water partition coefficient (Wildman–Crippen LogP) is 3.51. The average Bonchev–Trinajstić information content (AvgIpc) is 2.83. The topological polar surface area (TPSA) is 57.6 Å². The number of rotatable bonds is 2. The lowest BCUT2D eigenvalue weighted by Gasteiger charge is -2.21. The minimum Gasteiger partial charge on any atom is -0.486 e. The lowest BCUT2D eigenvalue weighted by Crippen LogP contribution is -2.17. The summed E-state index contributed by atoms with van der Waals surface area (Å²) in [5.41, 5.74) is 7.83. The van der Waals surface area contributed by atoms with Gasteiger partial charge in [0.25, 0.3) is 0 Å². The molecule has 1 aromatic heterocycles. The molecule has 0 aliphatic carbocycles. The molecule has 1 aromatic carbocycles. The molecule has 0 amide bonds. The maximum Gasteiger partial charge on any atom is 0.174 e. The van der Waals surface area contributed by atoms with Gasteiger partial charge in [0, 0.05) is 16.7 Å². The fraction of sp³-hybridized carbons (Fsp3) is 0.231. The zero-order chi connectivity index (χ0) is 13.4. The van der Waals surface area contributed by atoms with Crippen LogP contribution in [0.2, 0.25) is 5.02 Å². The summed E-state index contributed by atoms with van der Waals surface area (Å²) in [6.45, 7) is 1.06. The first-order chi connectivity index (χ1) is 9.16. The maximum atomic E-state index is 6.26. The summed E-state index contributed by atoms with van der Waals surface area (Å²) in [5.74, 6) is 1.32. The third kappa shape index (κ3) is 2.33. The molecular weight excluding hydrogens is 334 g/mol. The van der Waals surface area contributed by atoms with Gasteiger partial charge in [0.1, 0.15) is 13.2 Å². The number of furan rings is 1. The highest BCUT2D eigenvalue weighted by molar-refractivity contribution is 9.10. The number of ether oxygens (including phenoxy) is 2. The van der Waals surface area contributed by atoms with Crippen molar-refractivity contribution in [3.63, 3.8) is 0 Å². The Morgan fingerprint density at radius 1 is 1.16 bits per heavy atom. The summed E-state index contributed by atoms with van der Waals surface area (Å²) in [5, 5.41) is 0.546. The van der Waals surface area contributed by atoms with Gasteiger partial charge in [-0.2, -0.15) is 0 Å². The number of hydrogen-bond donors (Lipinski definition) is 1. The first kappa shape index (κ1) is 12.8. The van der Waals surface area contributed by atoms with Gasteiger partial charge in [0.05, 0.1) is 12.3 Å². The maximum absolute atomic E-state index is 6.26. The highest BCUT2D eigenvalue weighted by Gasteiger charge is 2.21. The molecule has 4 nitrogen and oxygen atoms in total. The van der Waals surface area contributed by atoms with Crippen LogP contribution in [0.4, 0.5) is 0 Å². The highest BCUT2D eigenvalue weighted by Crippen LogP contribution is 2.39. The van der Waals surface area contributed by atoms with Gasteiger partial charge in [-0.05, 0) is 33.6 Å². The second-order valence-electron chi connectivity index (χ2n) is 4.14. The van der Waals surface area contributed by atoms with Crippen molar-refractivity contribution in [3.8, 4) is 11.5 Å². The van der Waals surface area contributed by atoms with E-state index in [2.05, 4.69) is 15.9 Å². The molecule has 0 fully saturated rings. The number of halogens is 2. The van der Waals surface area contributed by atoms with E-state index in [-0.39, 0.29) is 0 Å². The molecule has 100 valence electrons. The second kappa shape index (κ2) is 5.07. The highest BCUT2D eigenvalue weighted by atomic mass is 79.9. The lowest BCUT2D eigenvalue weighted by molar-refractivity contribution is 0.171. The second-order valence-corrected chi connectivity index (χ2v) is 5.27. The van der Waals surface area contributed by atoms with Gasteiger partial charge < -0.3 is 19.6 Å². The zero-order valence-corrected chi connectivity index (χ0v) is 12.2. The molecule has 1 atom stereocenters. The zero-order valence-electron chi connectivity index (χ0n) is 9.86. The molecule has 3 rings (SSSR count). The number of benzene rings is 1. The molecule has 1 unspecified atom stereocenters. The van der Waals surface area contributed by atoms with Crippen molar-refractivity contribution >= 4 is 27.5 Å². The first-order valence-corrected chi connectivity index (χ1v) is 6.91. The molecule has 0 saturated heterocycles. The first-order valence-electron chi connectivity index (χ1n) is 5.74. The van der Waals surface area contributed by atoms with E-state index in [1.54, 1.807) is 12.3 Å². The quantitative estimate of drug-likeness (QED) is 0.905. The van der Waals surface area contributed by atoms with Crippen molar-refractivity contribution in [2.75, 3.05) is 13.2 Å². The van der Waals surface area contributed by atoms with Crippen LogP contribution in [0, 0.1) is 0 Å². The Balaban J connectivity index is 2.03. The Bertz CT molecular complexity index is 614. The summed E-state index contributed by atoms with van der Waals surface area (Å²) in [6.07, 6.45) is 1.57. The van der Waals surface area contributed by atoms with E-state index in [1.807, 2.05) is 12.1 Å². The van der Waals surface area contributed by atoms with Crippen LogP contribution in [-0.2, 0) is 0 Å². The molecule has 2 N–H and O–H groups in total. The van der Waals surface area contributed by atoms with Crippen LogP contribution < -0.4 is 15.2 Å². The van der Waals surface area contributed by atoms with Gasteiger partial charge in [-0.15, -0.1) is 0 Å². The third-order valence-electron chi connectivity index (χ3n) is 2.98. The summed E-state index contributed by atoms with van der Waals surface area (Å²) >= 11 is 9.58. The Hall–Kier alpha value is -1.17. The number of fused-ring (bicyclic) bond motifs is 1. The standard InChI is InChI=1S/C13H11BrClNO3/c14-13-7(1-2-19-13)12(16)8-5-10-11(6-9(8)15)18-4-3-17-10/h1-2,5-6,12H,3-4,16H2. The number of nitrogens with two attached hydrogens (primary N) is 1. The number of hydrogen-bond acceptors (Lipinski definition) is 4. The summed E-state index contributed by atoms with van der Waals surface area (Å²) in [6, 6.07) is 4.97. The molecule has 6 heteroatoms. The van der Waals surface area contributed by atoms with Crippen LogP contribution in [0.25, 0.3) is 0 Å². The Morgan fingerprint density at radius 2 is 1.84 bits per heavy atom. The molecule has 19 heavy (non-hydrogen) atoms. The van der Waals surface area contributed by atoms with E-state index in [0.29, 0.717) is 34.4 Å². The normalized spacial score (nSPS) is 15.3. The van der Waals surface area contributed by atoms with Gasteiger partial charge >= 0.3 is 0 Å². The van der Waals surface area contributed by atoms with Crippen LogP contribution in [0.15, 0.2) is 33.5 Å². The summed E-state index contributed by atoms with van der Waals surface area (Å²) in [4.78, 5) is 0. The fourth-order valence-corrected chi connectivity index (χ4v) is 2.77. The minimum atomic E-state index is -0.392. The smallest absolute Gasteiger partial charge is 0.174 e. The monoisotopic (exact) mass is 343 g/mol. The molecule has 2 heterocycles. The molecule has 0 spiro atoms. The minimum absolute atomic E-state index is 0.392. The van der Waals surface area contributed by atoms with E-state index in [9.17, 15) is 0 Å². The molecule has 1 aliphatic rings. The summed E-state index contributed by atoms with van der Waals surface area (Å²) < 4.78 is 16.8. The van der Waals surface area contributed by atoms with E-state index in [0.717, 1.165) is 11.1 Å². The summed E-state index contributed by atoms with van der Waals surface area (Å²) in [7, 11) is 0. The van der Waals surface area contributed by atoms with Crippen LogP contribution in [0.1, 0.15) is 17.2 Å². The Morgan fingerprint density at radius 3 is 2.47 bits per heavy atom. The van der Waals surface area contributed by atoms with Gasteiger partial charge in [0.15, 0.2) is 16.2 Å². The molecule has 0 bridgehead atoms. The molecule has 1 aliphatic heterocycles. The van der Waals surface area contributed by atoms with E-state index < -0.39 is 6.04 Å². The van der Waals surface area contributed by atoms with Gasteiger partial charge in [-0.1, -0.05) is 11.6 Å². The van der Waals surface area contributed by atoms with Crippen molar-refractivity contribution in [1.82, 2.24) is 0 Å². The average molecular weight is 345 g/mol. The molecule has 2 aromatic rings. The fourth-order valence-electron chi connectivity index (χ4n) is 2.01. The van der Waals surface area contributed by atoms with Crippen molar-refractivity contribution in [1.29, 1.82) is 0 Å². The van der Waals surface area contributed by atoms with Crippen LogP contribution in [-0.4, -0.2) is 13.2 Å². The van der Waals surface area contributed by atoms with Gasteiger partial charge in [-0.25, -0.2) is 0 Å². The predicted molar refractivity (Wildman–Crippen MR) is 74.9 cm³/mol. The van der Waals surface area contributed by atoms with Crippen molar-refractivity contribution in [2.24, 2.45) is 5.73 Å². The Labute approximate surface area is 123 Å². The van der Waals surface area contributed by atoms with Crippen LogP contribution in [0.3, 0.4) is 0 Å². The van der Waals surface area contributed by atoms with E-state index in [4.69, 9.17) is 31.2 Å². The van der Waals surface area contributed by atoms with Gasteiger partial charge in [0.2, 0.25) is 0 Å². The molecular formula is C13H11BrClNO3.